The molecule has 0 radical (unpaired) electrons. The van der Waals surface area contributed by atoms with Crippen molar-refractivity contribution in [3.05, 3.63) is 64.2 Å². The van der Waals surface area contributed by atoms with Crippen molar-refractivity contribution < 1.29 is 0 Å². The number of aromatic nitrogens is 4. The summed E-state index contributed by atoms with van der Waals surface area (Å²) in [5.41, 5.74) is 8.04. The average molecular weight is 422 g/mol. The first-order chi connectivity index (χ1) is 15.0. The molecule has 7 nitrogen and oxygen atoms in total. The normalized spacial score (nSPS) is 11.7. The zero-order chi connectivity index (χ0) is 22.4. The first-order valence-electron chi connectivity index (χ1n) is 11.2. The van der Waals surface area contributed by atoms with Gasteiger partial charge in [0, 0.05) is 37.1 Å². The monoisotopic (exact) mass is 421 g/mol. The first kappa shape index (κ1) is 22.6. The molecule has 0 unspecified atom stereocenters. The van der Waals surface area contributed by atoms with Gasteiger partial charge in [0.05, 0.1) is 23.6 Å². The van der Waals surface area contributed by atoms with Gasteiger partial charge in [0.2, 0.25) is 0 Å². The number of benzene rings is 1. The largest absolute Gasteiger partial charge is 0.357 e. The molecule has 0 amide bonds. The zero-order valence-electron chi connectivity index (χ0n) is 19.7. The van der Waals surface area contributed by atoms with Crippen LogP contribution < -0.4 is 10.6 Å². The van der Waals surface area contributed by atoms with E-state index in [2.05, 4.69) is 72.8 Å². The van der Waals surface area contributed by atoms with Crippen molar-refractivity contribution in [1.29, 1.82) is 0 Å². The number of rotatable bonds is 8. The lowest BCUT2D eigenvalue weighted by molar-refractivity contribution is 0.702. The van der Waals surface area contributed by atoms with E-state index in [4.69, 9.17) is 4.99 Å². The quantitative estimate of drug-likeness (QED) is 0.431. The van der Waals surface area contributed by atoms with Crippen LogP contribution in [0.1, 0.15) is 54.7 Å². The maximum Gasteiger partial charge on any atom is 0.191 e. The van der Waals surface area contributed by atoms with Crippen LogP contribution in [0, 0.1) is 13.8 Å². The number of nitrogens with one attached hydrogen (secondary N) is 2. The van der Waals surface area contributed by atoms with Crippen molar-refractivity contribution >= 4 is 5.96 Å². The minimum atomic E-state index is 0.568. The molecule has 31 heavy (non-hydrogen) atoms. The summed E-state index contributed by atoms with van der Waals surface area (Å²) in [7, 11) is 2.02. The van der Waals surface area contributed by atoms with Crippen LogP contribution >= 0.6 is 0 Å². The van der Waals surface area contributed by atoms with Gasteiger partial charge in [-0.15, -0.1) is 0 Å². The number of aliphatic imine (C=N–C) groups is 1. The smallest absolute Gasteiger partial charge is 0.191 e. The maximum absolute atomic E-state index is 4.87. The molecule has 0 bridgehead atoms. The fraction of sp³-hybridized carbons (Fsp3) is 0.458. The van der Waals surface area contributed by atoms with Gasteiger partial charge in [0.1, 0.15) is 0 Å². The Morgan fingerprint density at radius 1 is 1.03 bits per heavy atom. The number of hydrogen-bond acceptors (Lipinski definition) is 3. The van der Waals surface area contributed by atoms with Gasteiger partial charge in [0.25, 0.3) is 0 Å². The molecule has 7 heteroatoms. The fourth-order valence-corrected chi connectivity index (χ4v) is 4.00. The Balaban J connectivity index is 1.81. The van der Waals surface area contributed by atoms with Crippen LogP contribution in [-0.4, -0.2) is 32.1 Å². The van der Waals surface area contributed by atoms with Gasteiger partial charge < -0.3 is 10.6 Å². The van der Waals surface area contributed by atoms with E-state index in [1.807, 2.05) is 29.4 Å². The van der Waals surface area contributed by atoms with Crippen molar-refractivity contribution in [2.45, 2.75) is 60.5 Å². The lowest BCUT2D eigenvalue weighted by Crippen LogP contribution is -2.37. The van der Waals surface area contributed by atoms with Crippen LogP contribution in [0.4, 0.5) is 0 Å². The number of hydrogen-bond donors (Lipinski definition) is 2. The second kappa shape index (κ2) is 10.3. The van der Waals surface area contributed by atoms with Gasteiger partial charge in [-0.2, -0.15) is 10.2 Å². The molecule has 0 aliphatic carbocycles. The summed E-state index contributed by atoms with van der Waals surface area (Å²) in [6.07, 6.45) is 1.89. The molecule has 3 aromatic rings. The highest BCUT2D eigenvalue weighted by Gasteiger charge is 2.14. The average Bonchev–Trinajstić information content (AvgIpc) is 3.27. The summed E-state index contributed by atoms with van der Waals surface area (Å²) in [6.45, 7) is 12.6. The molecule has 0 saturated heterocycles. The summed E-state index contributed by atoms with van der Waals surface area (Å²) >= 11 is 0. The Bertz CT molecular complexity index is 1040. The minimum absolute atomic E-state index is 0.568. The van der Waals surface area contributed by atoms with E-state index in [0.717, 1.165) is 53.7 Å². The lowest BCUT2D eigenvalue weighted by Gasteiger charge is -2.14. The van der Waals surface area contributed by atoms with Crippen molar-refractivity contribution in [2.75, 3.05) is 6.54 Å². The van der Waals surface area contributed by atoms with Crippen molar-refractivity contribution in [1.82, 2.24) is 30.2 Å². The van der Waals surface area contributed by atoms with Crippen LogP contribution in [0.3, 0.4) is 0 Å². The van der Waals surface area contributed by atoms with Crippen molar-refractivity contribution in [3.63, 3.8) is 0 Å². The van der Waals surface area contributed by atoms with E-state index in [1.54, 1.807) is 0 Å². The molecule has 2 aromatic heterocycles. The molecule has 0 saturated carbocycles. The Morgan fingerprint density at radius 3 is 2.45 bits per heavy atom. The van der Waals surface area contributed by atoms with E-state index in [9.17, 15) is 0 Å². The summed E-state index contributed by atoms with van der Waals surface area (Å²) in [5.74, 6) is 0.804. The van der Waals surface area contributed by atoms with E-state index in [1.165, 1.54) is 11.3 Å². The van der Waals surface area contributed by atoms with Gasteiger partial charge in [0.15, 0.2) is 5.96 Å². The predicted octanol–water partition coefficient (Wildman–Crippen LogP) is 3.60. The van der Waals surface area contributed by atoms with E-state index >= 15 is 0 Å². The molecular formula is C24H35N7. The summed E-state index contributed by atoms with van der Waals surface area (Å²) < 4.78 is 4.00. The fourth-order valence-electron chi connectivity index (χ4n) is 4.00. The molecule has 0 fully saturated rings. The summed E-state index contributed by atoms with van der Waals surface area (Å²) in [6, 6.07) is 10.4. The maximum atomic E-state index is 4.87. The molecule has 166 valence electrons. The summed E-state index contributed by atoms with van der Waals surface area (Å²) in [5, 5.41) is 16.2. The zero-order valence-corrected chi connectivity index (χ0v) is 19.7. The molecule has 0 atom stereocenters. The van der Waals surface area contributed by atoms with Crippen LogP contribution in [-0.2, 0) is 33.0 Å². The molecule has 3 rings (SSSR count). The standard InChI is InChI=1S/C24H35N7/c1-7-21-20(22(8-2)30(6)29-21)16-27-24(25-9-3)26-15-19-12-10-11-13-23(19)31-18(5)14-17(4)28-31/h10-14H,7-9,15-16H2,1-6H3,(H2,25,26,27). The topological polar surface area (TPSA) is 72.1 Å². The molecule has 0 aliphatic heterocycles. The highest BCUT2D eigenvalue weighted by Crippen LogP contribution is 2.18. The highest BCUT2D eigenvalue weighted by molar-refractivity contribution is 5.79. The number of nitrogens with zero attached hydrogens (tertiary/aromatic N) is 5. The third kappa shape index (κ3) is 5.16. The third-order valence-electron chi connectivity index (χ3n) is 5.44. The number of aryl methyl sites for hydroxylation is 4. The lowest BCUT2D eigenvalue weighted by atomic mass is 10.1. The van der Waals surface area contributed by atoms with Gasteiger partial charge >= 0.3 is 0 Å². The molecular weight excluding hydrogens is 386 g/mol. The van der Waals surface area contributed by atoms with Gasteiger partial charge in [-0.25, -0.2) is 9.67 Å². The predicted molar refractivity (Wildman–Crippen MR) is 127 cm³/mol. The van der Waals surface area contributed by atoms with Crippen molar-refractivity contribution in [3.8, 4) is 5.69 Å². The van der Waals surface area contributed by atoms with E-state index < -0.39 is 0 Å². The molecule has 0 spiro atoms. The van der Waals surface area contributed by atoms with Crippen molar-refractivity contribution in [2.24, 2.45) is 12.0 Å². The van der Waals surface area contributed by atoms with E-state index in [-0.39, 0.29) is 0 Å². The van der Waals surface area contributed by atoms with Gasteiger partial charge in [-0.1, -0.05) is 32.0 Å². The molecule has 0 aliphatic rings. The number of para-hydroxylation sites is 1. The molecule has 2 heterocycles. The minimum Gasteiger partial charge on any atom is -0.357 e. The highest BCUT2D eigenvalue weighted by atomic mass is 15.3. The Kier molecular flexibility index (Phi) is 7.50. The van der Waals surface area contributed by atoms with Crippen LogP contribution in [0.15, 0.2) is 35.3 Å². The SMILES string of the molecule is CCNC(=NCc1ccccc1-n1nc(C)cc1C)NCc1c(CC)nn(C)c1CC. The Hall–Kier alpha value is -3.09. The summed E-state index contributed by atoms with van der Waals surface area (Å²) in [4.78, 5) is 4.87. The second-order valence-corrected chi connectivity index (χ2v) is 7.72. The Morgan fingerprint density at radius 2 is 1.81 bits per heavy atom. The third-order valence-corrected chi connectivity index (χ3v) is 5.44. The molecule has 2 N–H and O–H groups in total. The Labute approximate surface area is 185 Å². The molecule has 1 aromatic carbocycles. The second-order valence-electron chi connectivity index (χ2n) is 7.72. The van der Waals surface area contributed by atoms with Crippen LogP contribution in [0.25, 0.3) is 5.69 Å². The van der Waals surface area contributed by atoms with Crippen LogP contribution in [0.5, 0.6) is 0 Å². The van der Waals surface area contributed by atoms with Gasteiger partial charge in [-0.3, -0.25) is 4.68 Å². The number of guanidine groups is 1. The van der Waals surface area contributed by atoms with Gasteiger partial charge in [-0.05, 0) is 51.3 Å². The first-order valence-corrected chi connectivity index (χ1v) is 11.2. The van der Waals surface area contributed by atoms with E-state index in [0.29, 0.717) is 13.1 Å². The van der Waals surface area contributed by atoms with Crippen LogP contribution in [0.2, 0.25) is 0 Å².